The number of thiophene rings is 1. The van der Waals surface area contributed by atoms with Crippen LogP contribution in [0.5, 0.6) is 17.2 Å². The normalized spacial score (nSPS) is 14.5. The molecule has 0 unspecified atom stereocenters. The summed E-state index contributed by atoms with van der Waals surface area (Å²) >= 11 is 7.80. The molecule has 186 valence electrons. The van der Waals surface area contributed by atoms with Crippen LogP contribution in [0.25, 0.3) is 10.7 Å². The van der Waals surface area contributed by atoms with Crippen molar-refractivity contribution in [3.05, 3.63) is 70.9 Å². The van der Waals surface area contributed by atoms with E-state index >= 15 is 0 Å². The van der Waals surface area contributed by atoms with Crippen molar-refractivity contribution >= 4 is 34.5 Å². The molecule has 0 atom stereocenters. The lowest BCUT2D eigenvalue weighted by Crippen LogP contribution is -2.37. The van der Waals surface area contributed by atoms with Gasteiger partial charge in [-0.05, 0) is 67.7 Å². The van der Waals surface area contributed by atoms with Crippen LogP contribution >= 0.6 is 22.9 Å². The Hall–Kier alpha value is -3.40. The number of anilines is 1. The van der Waals surface area contributed by atoms with Gasteiger partial charge in [0.25, 0.3) is 0 Å². The Kier molecular flexibility index (Phi) is 7.50. The number of halogens is 1. The number of nitrogens with one attached hydrogen (secondary N) is 1. The predicted molar refractivity (Wildman–Crippen MR) is 139 cm³/mol. The van der Waals surface area contributed by atoms with Crippen molar-refractivity contribution in [1.82, 2.24) is 15.0 Å². The lowest BCUT2D eigenvalue weighted by Gasteiger charge is -2.30. The second-order valence-corrected chi connectivity index (χ2v) is 9.81. The minimum atomic E-state index is -0.122. The Morgan fingerprint density at radius 3 is 2.69 bits per heavy atom. The summed E-state index contributed by atoms with van der Waals surface area (Å²) in [4.78, 5) is 20.8. The molecule has 1 aliphatic heterocycles. The molecule has 1 saturated heterocycles. The quantitative estimate of drug-likeness (QED) is 0.297. The molecule has 1 N–H and O–H groups in total. The third kappa shape index (κ3) is 5.70. The zero-order chi connectivity index (χ0) is 24.9. The van der Waals surface area contributed by atoms with Crippen LogP contribution < -0.4 is 14.8 Å². The van der Waals surface area contributed by atoms with Crippen LogP contribution in [0.4, 0.5) is 5.69 Å². The maximum Gasteiger partial charge on any atom is 0.241 e. The van der Waals surface area contributed by atoms with Gasteiger partial charge >= 0.3 is 0 Å². The molecular formula is C26H25ClN4O4S. The average Bonchev–Trinajstić information content (AvgIpc) is 3.59. The van der Waals surface area contributed by atoms with Crippen molar-refractivity contribution in [3.63, 3.8) is 0 Å². The van der Waals surface area contributed by atoms with E-state index in [9.17, 15) is 4.79 Å². The molecule has 2 aromatic carbocycles. The number of hydrogen-bond donors (Lipinski definition) is 1. The number of ether oxygens (including phenoxy) is 2. The Morgan fingerprint density at radius 2 is 1.94 bits per heavy atom. The molecule has 0 radical (unpaired) electrons. The monoisotopic (exact) mass is 524 g/mol. The van der Waals surface area contributed by atoms with Gasteiger partial charge in [0, 0.05) is 10.9 Å². The number of hydrogen-bond acceptors (Lipinski definition) is 8. The molecular weight excluding hydrogens is 500 g/mol. The maximum absolute atomic E-state index is 13.1. The number of likely N-dealkylation sites (tertiary alicyclic amines) is 1. The molecule has 2 aromatic heterocycles. The fraction of sp³-hybridized carbons (Fsp3) is 0.269. The minimum Gasteiger partial charge on any atom is -0.493 e. The van der Waals surface area contributed by atoms with Gasteiger partial charge < -0.3 is 19.3 Å². The SMILES string of the molecule is COc1ccccc1Oc1ccc(Cl)cc1NC(=O)C1CCN(Cc2nc(-c3cccs3)no2)CC1. The number of amides is 1. The highest BCUT2D eigenvalue weighted by molar-refractivity contribution is 7.13. The van der Waals surface area contributed by atoms with Crippen LogP contribution in [0.3, 0.4) is 0 Å². The van der Waals surface area contributed by atoms with E-state index in [-0.39, 0.29) is 11.8 Å². The molecule has 1 aliphatic rings. The summed E-state index contributed by atoms with van der Waals surface area (Å²) in [6.07, 6.45) is 1.45. The number of aromatic nitrogens is 2. The number of methoxy groups -OCH3 is 1. The Morgan fingerprint density at radius 1 is 1.14 bits per heavy atom. The summed E-state index contributed by atoms with van der Waals surface area (Å²) in [6, 6.07) is 16.4. The molecule has 36 heavy (non-hydrogen) atoms. The third-order valence-corrected chi connectivity index (χ3v) is 7.12. The van der Waals surface area contributed by atoms with Crippen LogP contribution in [0.1, 0.15) is 18.7 Å². The van der Waals surface area contributed by atoms with Gasteiger partial charge in [0.05, 0.1) is 24.2 Å². The van der Waals surface area contributed by atoms with Gasteiger partial charge in [-0.2, -0.15) is 4.98 Å². The van der Waals surface area contributed by atoms with Crippen LogP contribution in [0.2, 0.25) is 5.02 Å². The van der Waals surface area contributed by atoms with Gasteiger partial charge in [-0.25, -0.2) is 0 Å². The molecule has 0 aliphatic carbocycles. The largest absolute Gasteiger partial charge is 0.493 e. The molecule has 1 amide bonds. The molecule has 10 heteroatoms. The Labute approximate surface area is 217 Å². The lowest BCUT2D eigenvalue weighted by atomic mass is 9.96. The van der Waals surface area contributed by atoms with Crippen molar-refractivity contribution in [2.45, 2.75) is 19.4 Å². The Bertz CT molecular complexity index is 1320. The maximum atomic E-state index is 13.1. The summed E-state index contributed by atoms with van der Waals surface area (Å²) in [5.74, 6) is 2.66. The first kappa shape index (κ1) is 24.3. The number of nitrogens with zero attached hydrogens (tertiary/aromatic N) is 3. The van der Waals surface area contributed by atoms with Crippen LogP contribution in [0.15, 0.2) is 64.5 Å². The average molecular weight is 525 g/mol. The van der Waals surface area contributed by atoms with E-state index in [4.69, 9.17) is 25.6 Å². The standard InChI is InChI=1S/C26H25ClN4O4S/c1-33-21-5-2-3-6-22(21)34-20-9-8-18(27)15-19(20)28-26(32)17-10-12-31(13-11-17)16-24-29-25(30-35-24)23-7-4-14-36-23/h2-9,14-15,17H,10-13,16H2,1H3,(H,28,32). The summed E-state index contributed by atoms with van der Waals surface area (Å²) in [6.45, 7) is 2.09. The minimum absolute atomic E-state index is 0.0560. The molecule has 0 saturated carbocycles. The summed E-state index contributed by atoms with van der Waals surface area (Å²) in [5.41, 5.74) is 0.521. The van der Waals surface area contributed by atoms with Crippen molar-refractivity contribution in [2.75, 3.05) is 25.5 Å². The van der Waals surface area contributed by atoms with E-state index in [1.807, 2.05) is 41.8 Å². The van der Waals surface area contributed by atoms with Gasteiger partial charge in [-0.1, -0.05) is 35.0 Å². The van der Waals surface area contributed by atoms with Gasteiger partial charge in [0.2, 0.25) is 17.6 Å². The number of piperidine rings is 1. The first-order valence-electron chi connectivity index (χ1n) is 11.6. The van der Waals surface area contributed by atoms with Crippen molar-refractivity contribution in [2.24, 2.45) is 5.92 Å². The van der Waals surface area contributed by atoms with Gasteiger partial charge in [-0.15, -0.1) is 11.3 Å². The molecule has 4 aromatic rings. The third-order valence-electron chi connectivity index (χ3n) is 6.02. The zero-order valence-electron chi connectivity index (χ0n) is 19.6. The highest BCUT2D eigenvalue weighted by Gasteiger charge is 2.27. The van der Waals surface area contributed by atoms with Gasteiger partial charge in [-0.3, -0.25) is 9.69 Å². The topological polar surface area (TPSA) is 89.7 Å². The summed E-state index contributed by atoms with van der Waals surface area (Å²) in [7, 11) is 1.58. The second-order valence-electron chi connectivity index (χ2n) is 8.42. The van der Waals surface area contributed by atoms with Crippen molar-refractivity contribution < 1.29 is 18.8 Å². The van der Waals surface area contributed by atoms with Crippen molar-refractivity contribution in [3.8, 4) is 28.0 Å². The zero-order valence-corrected chi connectivity index (χ0v) is 21.2. The van der Waals surface area contributed by atoms with E-state index in [2.05, 4.69) is 20.4 Å². The molecule has 0 spiro atoms. The smallest absolute Gasteiger partial charge is 0.241 e. The Balaban J connectivity index is 1.19. The van der Waals surface area contributed by atoms with Crippen LogP contribution in [-0.4, -0.2) is 41.1 Å². The van der Waals surface area contributed by atoms with E-state index < -0.39 is 0 Å². The second kappa shape index (κ2) is 11.1. The van der Waals surface area contributed by atoms with Gasteiger partial charge in [0.1, 0.15) is 0 Å². The van der Waals surface area contributed by atoms with Crippen LogP contribution in [0, 0.1) is 5.92 Å². The number of benzene rings is 2. The van der Waals surface area contributed by atoms with E-state index in [1.165, 1.54) is 0 Å². The highest BCUT2D eigenvalue weighted by Crippen LogP contribution is 2.37. The number of rotatable bonds is 8. The highest BCUT2D eigenvalue weighted by atomic mass is 35.5. The molecule has 3 heterocycles. The number of carbonyl (C=O) groups is 1. The number of para-hydroxylation sites is 2. The first-order valence-corrected chi connectivity index (χ1v) is 12.8. The fourth-order valence-corrected chi connectivity index (χ4v) is 4.94. The lowest BCUT2D eigenvalue weighted by molar-refractivity contribution is -0.121. The molecule has 0 bridgehead atoms. The predicted octanol–water partition coefficient (Wildman–Crippen LogP) is 6.10. The molecule has 5 rings (SSSR count). The van der Waals surface area contributed by atoms with E-state index in [1.54, 1.807) is 36.6 Å². The first-order chi connectivity index (χ1) is 17.6. The number of carbonyl (C=O) groups excluding carboxylic acids is 1. The molecule has 1 fully saturated rings. The van der Waals surface area contributed by atoms with Gasteiger partial charge in [0.15, 0.2) is 17.2 Å². The van der Waals surface area contributed by atoms with Crippen LogP contribution in [-0.2, 0) is 11.3 Å². The fourth-order valence-electron chi connectivity index (χ4n) is 4.11. The summed E-state index contributed by atoms with van der Waals surface area (Å²) in [5, 5.41) is 9.58. The van der Waals surface area contributed by atoms with E-state index in [0.29, 0.717) is 46.2 Å². The summed E-state index contributed by atoms with van der Waals surface area (Å²) < 4.78 is 16.9. The van der Waals surface area contributed by atoms with Crippen molar-refractivity contribution in [1.29, 1.82) is 0 Å². The molecule has 8 nitrogen and oxygen atoms in total. The van der Waals surface area contributed by atoms with E-state index in [0.717, 1.165) is 30.8 Å².